The zero-order valence-electron chi connectivity index (χ0n) is 8.04. The Morgan fingerprint density at radius 2 is 1.80 bits per heavy atom. The molecule has 2 rings (SSSR count). The lowest BCUT2D eigenvalue weighted by atomic mass is 9.84. The Kier molecular flexibility index (Phi) is 2.34. The van der Waals surface area contributed by atoms with Crippen molar-refractivity contribution in [1.29, 1.82) is 0 Å². The van der Waals surface area contributed by atoms with Crippen LogP contribution >= 0.6 is 0 Å². The standard InChI is InChI=1S/C12H12O3/c13-10-7-4-8-12(15,11(10)14)9-5-2-1-3-6-9/h1-8,11,13-15H. The third-order valence-electron chi connectivity index (χ3n) is 2.55. The molecule has 0 aromatic heterocycles. The second-order valence-corrected chi connectivity index (χ2v) is 3.54. The van der Waals surface area contributed by atoms with Crippen molar-refractivity contribution in [1.82, 2.24) is 0 Å². The van der Waals surface area contributed by atoms with E-state index in [1.807, 2.05) is 6.07 Å². The van der Waals surface area contributed by atoms with Gasteiger partial charge in [0.1, 0.15) is 17.5 Å². The van der Waals surface area contributed by atoms with E-state index in [9.17, 15) is 15.3 Å². The van der Waals surface area contributed by atoms with Crippen molar-refractivity contribution in [2.24, 2.45) is 0 Å². The maximum atomic E-state index is 10.2. The predicted octanol–water partition coefficient (Wildman–Crippen LogP) is 1.25. The summed E-state index contributed by atoms with van der Waals surface area (Å²) in [6, 6.07) is 8.76. The summed E-state index contributed by atoms with van der Waals surface area (Å²) in [4.78, 5) is 0. The largest absolute Gasteiger partial charge is 0.509 e. The molecule has 0 amide bonds. The normalized spacial score (nSPS) is 30.0. The molecule has 3 heteroatoms. The first-order valence-electron chi connectivity index (χ1n) is 4.69. The maximum absolute atomic E-state index is 10.2. The minimum atomic E-state index is -1.54. The van der Waals surface area contributed by atoms with Crippen LogP contribution in [0, 0.1) is 0 Å². The molecule has 0 heterocycles. The number of rotatable bonds is 1. The van der Waals surface area contributed by atoms with Gasteiger partial charge in [0.2, 0.25) is 0 Å². The molecule has 15 heavy (non-hydrogen) atoms. The van der Waals surface area contributed by atoms with E-state index < -0.39 is 11.7 Å². The quantitative estimate of drug-likeness (QED) is 0.645. The van der Waals surface area contributed by atoms with Crippen molar-refractivity contribution in [2.45, 2.75) is 11.7 Å². The Bertz CT molecular complexity index is 408. The van der Waals surface area contributed by atoms with Gasteiger partial charge >= 0.3 is 0 Å². The molecule has 0 saturated carbocycles. The van der Waals surface area contributed by atoms with E-state index in [0.29, 0.717) is 5.56 Å². The van der Waals surface area contributed by atoms with Gasteiger partial charge in [0.25, 0.3) is 0 Å². The highest BCUT2D eigenvalue weighted by Gasteiger charge is 2.38. The van der Waals surface area contributed by atoms with E-state index in [1.165, 1.54) is 18.2 Å². The van der Waals surface area contributed by atoms with Crippen molar-refractivity contribution in [3.05, 3.63) is 59.9 Å². The average molecular weight is 204 g/mol. The first-order chi connectivity index (χ1) is 7.14. The van der Waals surface area contributed by atoms with E-state index in [1.54, 1.807) is 24.3 Å². The molecule has 1 aliphatic carbocycles. The molecule has 3 N–H and O–H groups in total. The van der Waals surface area contributed by atoms with Crippen LogP contribution in [0.25, 0.3) is 0 Å². The van der Waals surface area contributed by atoms with Crippen LogP contribution in [-0.4, -0.2) is 21.4 Å². The van der Waals surface area contributed by atoms with Crippen LogP contribution in [0.4, 0.5) is 0 Å². The molecule has 0 aliphatic heterocycles. The summed E-state index contributed by atoms with van der Waals surface area (Å²) in [5.74, 6) is -0.233. The molecule has 3 nitrogen and oxygen atoms in total. The average Bonchev–Trinajstić information content (AvgIpc) is 2.27. The van der Waals surface area contributed by atoms with Crippen molar-refractivity contribution >= 4 is 0 Å². The zero-order valence-corrected chi connectivity index (χ0v) is 8.04. The fourth-order valence-corrected chi connectivity index (χ4v) is 1.66. The summed E-state index contributed by atoms with van der Waals surface area (Å²) in [7, 11) is 0. The highest BCUT2D eigenvalue weighted by Crippen LogP contribution is 2.32. The van der Waals surface area contributed by atoms with Gasteiger partial charge < -0.3 is 15.3 Å². The molecule has 0 spiro atoms. The lowest BCUT2D eigenvalue weighted by molar-refractivity contribution is -0.0439. The van der Waals surface area contributed by atoms with Crippen molar-refractivity contribution < 1.29 is 15.3 Å². The summed E-state index contributed by atoms with van der Waals surface area (Å²) in [6.45, 7) is 0. The Morgan fingerprint density at radius 1 is 1.13 bits per heavy atom. The SMILES string of the molecule is OC1=CC=CC(O)(c2ccccc2)C1O. The molecule has 1 aliphatic rings. The fourth-order valence-electron chi connectivity index (χ4n) is 1.66. The van der Waals surface area contributed by atoms with Crippen LogP contribution in [0.15, 0.2) is 54.3 Å². The molecule has 0 fully saturated rings. The minimum absolute atomic E-state index is 0.233. The fraction of sp³-hybridized carbons (Fsp3) is 0.167. The molecule has 1 aromatic rings. The van der Waals surface area contributed by atoms with Gasteiger partial charge in [-0.1, -0.05) is 36.4 Å². The molecule has 0 radical (unpaired) electrons. The number of hydrogen-bond donors (Lipinski definition) is 3. The van der Waals surface area contributed by atoms with E-state index in [4.69, 9.17) is 0 Å². The van der Waals surface area contributed by atoms with Crippen molar-refractivity contribution in [2.75, 3.05) is 0 Å². The van der Waals surface area contributed by atoms with Gasteiger partial charge in [-0.15, -0.1) is 0 Å². The summed E-state index contributed by atoms with van der Waals surface area (Å²) in [5, 5.41) is 29.3. The van der Waals surface area contributed by atoms with Crippen LogP contribution < -0.4 is 0 Å². The summed E-state index contributed by atoms with van der Waals surface area (Å²) < 4.78 is 0. The second kappa shape index (κ2) is 3.53. The van der Waals surface area contributed by atoms with Crippen molar-refractivity contribution in [3.8, 4) is 0 Å². The van der Waals surface area contributed by atoms with Gasteiger partial charge in [-0.25, -0.2) is 0 Å². The minimum Gasteiger partial charge on any atom is -0.509 e. The lowest BCUT2D eigenvalue weighted by Crippen LogP contribution is -2.40. The lowest BCUT2D eigenvalue weighted by Gasteiger charge is -2.32. The third-order valence-corrected chi connectivity index (χ3v) is 2.55. The van der Waals surface area contributed by atoms with Crippen LogP contribution in [0.5, 0.6) is 0 Å². The number of benzene rings is 1. The smallest absolute Gasteiger partial charge is 0.147 e. The van der Waals surface area contributed by atoms with Gasteiger partial charge in [0, 0.05) is 0 Å². The van der Waals surface area contributed by atoms with Gasteiger partial charge in [0.15, 0.2) is 0 Å². The first-order valence-corrected chi connectivity index (χ1v) is 4.69. The highest BCUT2D eigenvalue weighted by atomic mass is 16.4. The van der Waals surface area contributed by atoms with E-state index in [0.717, 1.165) is 0 Å². The van der Waals surface area contributed by atoms with Crippen molar-refractivity contribution in [3.63, 3.8) is 0 Å². The number of aliphatic hydroxyl groups excluding tert-OH is 2. The van der Waals surface area contributed by atoms with Gasteiger partial charge in [-0.3, -0.25) is 0 Å². The molecule has 0 bridgehead atoms. The van der Waals surface area contributed by atoms with E-state index >= 15 is 0 Å². The Morgan fingerprint density at radius 3 is 2.47 bits per heavy atom. The topological polar surface area (TPSA) is 60.7 Å². The van der Waals surface area contributed by atoms with Crippen LogP contribution in [0.1, 0.15) is 5.56 Å². The third kappa shape index (κ3) is 1.56. The first kappa shape index (κ1) is 9.96. The zero-order chi connectivity index (χ0) is 10.9. The summed E-state index contributed by atoms with van der Waals surface area (Å²) in [5.41, 5.74) is -0.992. The highest BCUT2D eigenvalue weighted by molar-refractivity contribution is 5.36. The molecule has 2 unspecified atom stereocenters. The number of allylic oxidation sites excluding steroid dienone is 2. The van der Waals surface area contributed by atoms with E-state index in [-0.39, 0.29) is 5.76 Å². The molecular weight excluding hydrogens is 192 g/mol. The van der Waals surface area contributed by atoms with Gasteiger partial charge in [0.05, 0.1) is 0 Å². The Labute approximate surface area is 87.6 Å². The van der Waals surface area contributed by atoms with Crippen LogP contribution in [-0.2, 0) is 5.60 Å². The van der Waals surface area contributed by atoms with Crippen LogP contribution in [0.3, 0.4) is 0 Å². The van der Waals surface area contributed by atoms with E-state index in [2.05, 4.69) is 0 Å². The Hall–Kier alpha value is -1.58. The summed E-state index contributed by atoms with van der Waals surface area (Å²) >= 11 is 0. The number of aliphatic hydroxyl groups is 3. The molecule has 0 saturated heterocycles. The monoisotopic (exact) mass is 204 g/mol. The maximum Gasteiger partial charge on any atom is 0.147 e. The molecule has 2 atom stereocenters. The van der Waals surface area contributed by atoms with Crippen LogP contribution in [0.2, 0.25) is 0 Å². The molecular formula is C12H12O3. The molecule has 1 aromatic carbocycles. The summed E-state index contributed by atoms with van der Waals surface area (Å²) in [6.07, 6.45) is 3.04. The second-order valence-electron chi connectivity index (χ2n) is 3.54. The Balaban J connectivity index is 2.44. The van der Waals surface area contributed by atoms with Gasteiger partial charge in [-0.2, -0.15) is 0 Å². The number of hydrogen-bond acceptors (Lipinski definition) is 3. The molecule has 78 valence electrons. The predicted molar refractivity (Wildman–Crippen MR) is 56.2 cm³/mol. The van der Waals surface area contributed by atoms with Gasteiger partial charge in [-0.05, 0) is 17.7 Å².